The molecule has 0 unspecified atom stereocenters. The van der Waals surface area contributed by atoms with Gasteiger partial charge in [-0.25, -0.2) is 10.9 Å². The molecule has 2 N–H and O–H groups in total. The first-order valence-corrected chi connectivity index (χ1v) is 11.9. The number of rotatable bonds is 10. The van der Waals surface area contributed by atoms with Gasteiger partial charge in [-0.3, -0.25) is 19.6 Å². The second kappa shape index (κ2) is 13.2. The molecule has 4 rings (SSSR count). The molecule has 2 heterocycles. The minimum atomic E-state index is -0.283. The lowest BCUT2D eigenvalue weighted by molar-refractivity contribution is -0.122. The van der Waals surface area contributed by atoms with Gasteiger partial charge in [-0.2, -0.15) is 10.2 Å². The first kappa shape index (κ1) is 25.1. The molecule has 0 saturated carbocycles. The second-order valence-corrected chi connectivity index (χ2v) is 8.06. The first-order valence-electron chi connectivity index (χ1n) is 11.9. The van der Waals surface area contributed by atoms with Crippen molar-refractivity contribution in [1.82, 2.24) is 20.8 Å². The van der Waals surface area contributed by atoms with E-state index in [4.69, 9.17) is 0 Å². The molecule has 2 aromatic carbocycles. The molecule has 37 heavy (non-hydrogen) atoms. The van der Waals surface area contributed by atoms with Crippen molar-refractivity contribution >= 4 is 23.2 Å². The highest BCUT2D eigenvalue weighted by molar-refractivity contribution is 6.13. The Morgan fingerprint density at radius 1 is 0.568 bits per heavy atom. The van der Waals surface area contributed by atoms with Gasteiger partial charge in [-0.05, 0) is 30.7 Å². The third kappa shape index (κ3) is 7.50. The van der Waals surface area contributed by atoms with Crippen LogP contribution >= 0.6 is 0 Å². The van der Waals surface area contributed by atoms with Gasteiger partial charge in [0.1, 0.15) is 0 Å². The van der Waals surface area contributed by atoms with Gasteiger partial charge in [0.25, 0.3) is 0 Å². The van der Waals surface area contributed by atoms with Crippen LogP contribution in [0, 0.1) is 0 Å². The number of carbonyl (C=O) groups is 2. The highest BCUT2D eigenvalue weighted by Gasteiger charge is 2.11. The second-order valence-electron chi connectivity index (χ2n) is 8.06. The molecule has 0 fully saturated rings. The van der Waals surface area contributed by atoms with Crippen LogP contribution in [0.4, 0.5) is 0 Å². The van der Waals surface area contributed by atoms with Crippen LogP contribution in [-0.4, -0.2) is 33.2 Å². The number of benzene rings is 2. The Hall–Kier alpha value is -4.98. The molecule has 4 aromatic rings. The van der Waals surface area contributed by atoms with Gasteiger partial charge in [-0.15, -0.1) is 0 Å². The first-order chi connectivity index (χ1) is 18.2. The fraction of sp³-hybridized carbons (Fsp3) is 0.103. The number of hydrogen-bond acceptors (Lipinski definition) is 6. The van der Waals surface area contributed by atoms with E-state index in [1.807, 2.05) is 84.9 Å². The van der Waals surface area contributed by atoms with Crippen molar-refractivity contribution in [2.24, 2.45) is 10.2 Å². The SMILES string of the molecule is O=C(CCCC(=O)N/N=C(\c1ccccc1)c1cccnc1)N/N=C(\c1ccccc1)c1cccnc1. The Bertz CT molecular complexity index is 1170. The van der Waals surface area contributed by atoms with Crippen molar-refractivity contribution in [2.45, 2.75) is 19.3 Å². The molecule has 0 atom stereocenters. The predicted octanol–water partition coefficient (Wildman–Crippen LogP) is 4.08. The number of hydrazone groups is 2. The summed E-state index contributed by atoms with van der Waals surface area (Å²) < 4.78 is 0. The van der Waals surface area contributed by atoms with Gasteiger partial charge in [0, 0.05) is 59.9 Å². The fourth-order valence-electron chi connectivity index (χ4n) is 3.55. The molecule has 0 aliphatic carbocycles. The maximum Gasteiger partial charge on any atom is 0.240 e. The lowest BCUT2D eigenvalue weighted by atomic mass is 10.0. The zero-order valence-corrected chi connectivity index (χ0v) is 20.1. The Morgan fingerprint density at radius 3 is 1.35 bits per heavy atom. The molecule has 2 amide bonds. The monoisotopic (exact) mass is 490 g/mol. The van der Waals surface area contributed by atoms with Crippen molar-refractivity contribution < 1.29 is 9.59 Å². The molecule has 8 nitrogen and oxygen atoms in total. The molecule has 184 valence electrons. The normalized spacial score (nSPS) is 11.6. The number of hydrogen-bond donors (Lipinski definition) is 2. The van der Waals surface area contributed by atoms with Gasteiger partial charge in [0.05, 0.1) is 11.4 Å². The van der Waals surface area contributed by atoms with Crippen molar-refractivity contribution in [3.05, 3.63) is 132 Å². The molecule has 0 radical (unpaired) electrons. The summed E-state index contributed by atoms with van der Waals surface area (Å²) in [5, 5.41) is 8.67. The zero-order valence-electron chi connectivity index (χ0n) is 20.1. The average molecular weight is 491 g/mol. The van der Waals surface area contributed by atoms with Gasteiger partial charge < -0.3 is 0 Å². The van der Waals surface area contributed by atoms with E-state index in [9.17, 15) is 9.59 Å². The lowest BCUT2D eigenvalue weighted by Gasteiger charge is -2.08. The summed E-state index contributed by atoms with van der Waals surface area (Å²) in [6, 6.07) is 26.5. The highest BCUT2D eigenvalue weighted by Crippen LogP contribution is 2.11. The molecule has 8 heteroatoms. The van der Waals surface area contributed by atoms with Crippen LogP contribution in [0.15, 0.2) is 120 Å². The van der Waals surface area contributed by atoms with E-state index in [0.29, 0.717) is 17.8 Å². The van der Waals surface area contributed by atoms with Crippen molar-refractivity contribution in [3.8, 4) is 0 Å². The Balaban J connectivity index is 1.33. The number of amides is 2. The number of aromatic nitrogens is 2. The molecule has 2 aromatic heterocycles. The fourth-order valence-corrected chi connectivity index (χ4v) is 3.55. The largest absolute Gasteiger partial charge is 0.273 e. The standard InChI is InChI=1S/C29H26N6O2/c36-26(32-34-28(22-10-3-1-4-11-22)24-14-8-18-30-20-24)16-7-17-27(37)33-35-29(23-12-5-2-6-13-23)25-15-9-19-31-21-25/h1-6,8-15,18-21H,7,16-17H2,(H,32,36)(H,33,37)/b34-28+,35-29+. The smallest absolute Gasteiger partial charge is 0.240 e. The molecular weight excluding hydrogens is 464 g/mol. The lowest BCUT2D eigenvalue weighted by Crippen LogP contribution is -2.23. The number of nitrogens with one attached hydrogen (secondary N) is 2. The van der Waals surface area contributed by atoms with Crippen LogP contribution in [0.25, 0.3) is 0 Å². The van der Waals surface area contributed by atoms with Crippen LogP contribution < -0.4 is 10.9 Å². The summed E-state index contributed by atoms with van der Waals surface area (Å²) in [5.41, 5.74) is 9.71. The minimum Gasteiger partial charge on any atom is -0.273 e. The molecule has 0 aliphatic rings. The van der Waals surface area contributed by atoms with Gasteiger partial charge in [0.2, 0.25) is 11.8 Å². The summed E-state index contributed by atoms with van der Waals surface area (Å²) in [6.45, 7) is 0. The van der Waals surface area contributed by atoms with Gasteiger partial charge in [-0.1, -0.05) is 60.7 Å². The van der Waals surface area contributed by atoms with E-state index in [1.165, 1.54) is 0 Å². The summed E-state index contributed by atoms with van der Waals surface area (Å²) >= 11 is 0. The van der Waals surface area contributed by atoms with E-state index >= 15 is 0 Å². The number of nitrogens with zero attached hydrogens (tertiary/aromatic N) is 4. The number of pyridine rings is 2. The van der Waals surface area contributed by atoms with Crippen molar-refractivity contribution in [1.29, 1.82) is 0 Å². The topological polar surface area (TPSA) is 109 Å². The van der Waals surface area contributed by atoms with Crippen LogP contribution in [-0.2, 0) is 9.59 Å². The zero-order chi connectivity index (χ0) is 25.7. The Kier molecular flexibility index (Phi) is 8.96. The van der Waals surface area contributed by atoms with Crippen LogP contribution in [0.3, 0.4) is 0 Å². The van der Waals surface area contributed by atoms with E-state index in [1.54, 1.807) is 24.8 Å². The van der Waals surface area contributed by atoms with Crippen LogP contribution in [0.1, 0.15) is 41.5 Å². The predicted molar refractivity (Wildman–Crippen MR) is 143 cm³/mol. The Labute approximate surface area is 215 Å². The summed E-state index contributed by atoms with van der Waals surface area (Å²) in [5.74, 6) is -0.567. The van der Waals surface area contributed by atoms with Crippen LogP contribution in [0.2, 0.25) is 0 Å². The molecule has 0 aliphatic heterocycles. The van der Waals surface area contributed by atoms with Gasteiger partial charge >= 0.3 is 0 Å². The third-order valence-electron chi connectivity index (χ3n) is 5.36. The van der Waals surface area contributed by atoms with Crippen LogP contribution in [0.5, 0.6) is 0 Å². The summed E-state index contributed by atoms with van der Waals surface area (Å²) in [4.78, 5) is 33.1. The quantitative estimate of drug-likeness (QED) is 0.258. The van der Waals surface area contributed by atoms with E-state index < -0.39 is 0 Å². The van der Waals surface area contributed by atoms with Crippen molar-refractivity contribution in [3.63, 3.8) is 0 Å². The van der Waals surface area contributed by atoms with E-state index in [-0.39, 0.29) is 24.7 Å². The van der Waals surface area contributed by atoms with E-state index in [0.717, 1.165) is 22.3 Å². The molecule has 0 spiro atoms. The Morgan fingerprint density at radius 2 is 0.973 bits per heavy atom. The maximum absolute atomic E-state index is 12.4. The summed E-state index contributed by atoms with van der Waals surface area (Å²) in [7, 11) is 0. The average Bonchev–Trinajstić information content (AvgIpc) is 2.95. The molecule has 0 saturated heterocycles. The maximum atomic E-state index is 12.4. The highest BCUT2D eigenvalue weighted by atomic mass is 16.2. The third-order valence-corrected chi connectivity index (χ3v) is 5.36. The molecule has 0 bridgehead atoms. The van der Waals surface area contributed by atoms with E-state index in [2.05, 4.69) is 31.0 Å². The molecular formula is C29H26N6O2. The van der Waals surface area contributed by atoms with Crippen molar-refractivity contribution in [2.75, 3.05) is 0 Å². The van der Waals surface area contributed by atoms with Gasteiger partial charge in [0.15, 0.2) is 0 Å². The summed E-state index contributed by atoms with van der Waals surface area (Å²) in [6.07, 6.45) is 7.38. The number of carbonyl (C=O) groups excluding carboxylic acids is 2. The minimum absolute atomic E-state index is 0.143.